The van der Waals surface area contributed by atoms with Crippen molar-refractivity contribution in [1.82, 2.24) is 0 Å². The number of hydrogen-bond donors (Lipinski definition) is 0. The number of ether oxygens (including phenoxy) is 10. The second-order valence-corrected chi connectivity index (χ2v) is 11.2. The minimum atomic E-state index is -0.852. The Bertz CT molecular complexity index is 1650. The van der Waals surface area contributed by atoms with Crippen LogP contribution in [0, 0.1) is 0 Å². The molecule has 1 heterocycles. The van der Waals surface area contributed by atoms with Crippen LogP contribution in [0.5, 0.6) is 46.0 Å². The van der Waals surface area contributed by atoms with Crippen molar-refractivity contribution in [2.75, 3.05) is 41.7 Å². The van der Waals surface area contributed by atoms with E-state index in [0.717, 1.165) is 11.1 Å². The Morgan fingerprint density at radius 2 is 1.38 bits per heavy atom. The highest BCUT2D eigenvalue weighted by Crippen LogP contribution is 2.42. The van der Waals surface area contributed by atoms with Crippen LogP contribution in [0.2, 0.25) is 0 Å². The maximum absolute atomic E-state index is 12.9. The van der Waals surface area contributed by atoms with Crippen molar-refractivity contribution in [2.45, 2.75) is 38.4 Å². The molecule has 5 rings (SSSR count). The van der Waals surface area contributed by atoms with Gasteiger partial charge >= 0.3 is 5.97 Å². The second-order valence-electron chi connectivity index (χ2n) is 11.2. The lowest BCUT2D eigenvalue weighted by Gasteiger charge is -2.41. The van der Waals surface area contributed by atoms with Crippen LogP contribution >= 0.6 is 0 Å². The lowest BCUT2D eigenvalue weighted by atomic mass is 10.0. The van der Waals surface area contributed by atoms with Crippen LogP contribution in [0.1, 0.15) is 31.1 Å². The molecule has 11 nitrogen and oxygen atoms in total. The molecular formula is C37H40O11. The predicted molar refractivity (Wildman–Crippen MR) is 176 cm³/mol. The third kappa shape index (κ3) is 8.41. The molecule has 0 spiro atoms. The van der Waals surface area contributed by atoms with E-state index in [1.54, 1.807) is 31.4 Å². The van der Waals surface area contributed by atoms with Gasteiger partial charge in [-0.05, 0) is 49.2 Å². The Balaban J connectivity index is 1.26. The lowest BCUT2D eigenvalue weighted by molar-refractivity contribution is -0.302. The first kappa shape index (κ1) is 34.2. The molecule has 0 bridgehead atoms. The first-order valence-corrected chi connectivity index (χ1v) is 15.3. The Morgan fingerprint density at radius 1 is 0.729 bits per heavy atom. The van der Waals surface area contributed by atoms with Gasteiger partial charge in [0.25, 0.3) is 0 Å². The average molecular weight is 661 g/mol. The van der Waals surface area contributed by atoms with Crippen molar-refractivity contribution in [3.63, 3.8) is 0 Å². The van der Waals surface area contributed by atoms with E-state index in [2.05, 4.69) is 0 Å². The standard InChI is InChI=1S/C37H40O11/c1-37(2)45-22-33(47-29-15-11-10-14-27(29)39-3)35(48-37)25-16-17-28(30(18-25)40-4)43-23-34(38)46-26-19-31(41-5)36(32(20-26)42-6)44-21-24-12-8-7-9-13-24/h7-20,33,35H,21-23H2,1-6H3. The SMILES string of the molecule is COc1cc(C2OC(C)(C)OCC2Oc2ccccc2OC)ccc1OCC(=O)Oc1cc(OC)c(OCc2ccccc2)c(OC)c1. The largest absolute Gasteiger partial charge is 0.493 e. The summed E-state index contributed by atoms with van der Waals surface area (Å²) in [4.78, 5) is 12.9. The van der Waals surface area contributed by atoms with E-state index in [0.29, 0.717) is 46.9 Å². The zero-order chi connectivity index (χ0) is 34.1. The number of para-hydroxylation sites is 2. The van der Waals surface area contributed by atoms with Gasteiger partial charge in [-0.25, -0.2) is 4.79 Å². The molecule has 0 saturated carbocycles. The predicted octanol–water partition coefficient (Wildman–Crippen LogP) is 6.56. The average Bonchev–Trinajstić information content (AvgIpc) is 3.10. The summed E-state index contributed by atoms with van der Waals surface area (Å²) in [6.45, 7) is 3.87. The smallest absolute Gasteiger partial charge is 0.349 e. The molecule has 11 heteroatoms. The first-order chi connectivity index (χ1) is 23.2. The van der Waals surface area contributed by atoms with Gasteiger partial charge in [-0.3, -0.25) is 0 Å². The molecular weight excluding hydrogens is 620 g/mol. The molecule has 2 atom stereocenters. The number of benzene rings is 4. The Morgan fingerprint density at radius 3 is 2.04 bits per heavy atom. The molecule has 0 aliphatic carbocycles. The summed E-state index contributed by atoms with van der Waals surface area (Å²) >= 11 is 0. The van der Waals surface area contributed by atoms with Crippen molar-refractivity contribution in [3.8, 4) is 46.0 Å². The van der Waals surface area contributed by atoms with Crippen LogP contribution < -0.4 is 37.9 Å². The molecule has 1 fully saturated rings. The Hall–Kier alpha value is -5.13. The van der Waals surface area contributed by atoms with E-state index in [9.17, 15) is 4.79 Å². The van der Waals surface area contributed by atoms with Crippen molar-refractivity contribution in [2.24, 2.45) is 0 Å². The van der Waals surface area contributed by atoms with Gasteiger partial charge in [0.1, 0.15) is 18.5 Å². The molecule has 0 aromatic heterocycles. The van der Waals surface area contributed by atoms with Gasteiger partial charge < -0.3 is 47.4 Å². The zero-order valence-corrected chi connectivity index (χ0v) is 27.8. The van der Waals surface area contributed by atoms with Crippen LogP contribution in [-0.2, 0) is 20.9 Å². The minimum Gasteiger partial charge on any atom is -0.493 e. The molecule has 4 aromatic rings. The molecule has 1 saturated heterocycles. The normalized spacial score (nSPS) is 16.7. The van der Waals surface area contributed by atoms with Crippen LogP contribution in [0.25, 0.3) is 0 Å². The highest BCUT2D eigenvalue weighted by molar-refractivity contribution is 5.75. The number of esters is 1. The van der Waals surface area contributed by atoms with Gasteiger partial charge in [0.15, 0.2) is 53.0 Å². The molecule has 0 radical (unpaired) electrons. The molecule has 254 valence electrons. The van der Waals surface area contributed by atoms with Gasteiger partial charge in [-0.15, -0.1) is 0 Å². The van der Waals surface area contributed by atoms with Crippen molar-refractivity contribution < 1.29 is 52.2 Å². The monoisotopic (exact) mass is 660 g/mol. The number of hydrogen-bond acceptors (Lipinski definition) is 11. The summed E-state index contributed by atoms with van der Waals surface area (Å²) in [6, 6.07) is 25.5. The topological polar surface area (TPSA) is 109 Å². The van der Waals surface area contributed by atoms with Gasteiger partial charge in [-0.1, -0.05) is 48.5 Å². The highest BCUT2D eigenvalue weighted by Gasteiger charge is 2.39. The molecule has 2 unspecified atom stereocenters. The van der Waals surface area contributed by atoms with E-state index in [1.807, 2.05) is 74.5 Å². The van der Waals surface area contributed by atoms with Crippen molar-refractivity contribution in [1.29, 1.82) is 0 Å². The molecule has 48 heavy (non-hydrogen) atoms. The Kier molecular flexibility index (Phi) is 11.1. The number of carbonyl (C=O) groups excluding carboxylic acids is 1. The number of rotatable bonds is 14. The summed E-state index contributed by atoms with van der Waals surface area (Å²) in [5, 5.41) is 0. The zero-order valence-electron chi connectivity index (χ0n) is 27.8. The lowest BCUT2D eigenvalue weighted by Crippen LogP contribution is -2.46. The second kappa shape index (κ2) is 15.6. The fourth-order valence-corrected chi connectivity index (χ4v) is 5.11. The molecule has 1 aliphatic rings. The highest BCUT2D eigenvalue weighted by atomic mass is 16.7. The quantitative estimate of drug-likeness (QED) is 0.108. The molecule has 4 aromatic carbocycles. The van der Waals surface area contributed by atoms with Crippen LogP contribution in [0.4, 0.5) is 0 Å². The summed E-state index contributed by atoms with van der Waals surface area (Å²) in [5.74, 6) is 1.67. The molecule has 0 amide bonds. The van der Waals surface area contributed by atoms with E-state index in [4.69, 9.17) is 47.4 Å². The van der Waals surface area contributed by atoms with Crippen LogP contribution in [0.3, 0.4) is 0 Å². The third-order valence-corrected chi connectivity index (χ3v) is 7.44. The van der Waals surface area contributed by atoms with Gasteiger partial charge in [-0.2, -0.15) is 0 Å². The van der Waals surface area contributed by atoms with Crippen LogP contribution in [-0.4, -0.2) is 59.5 Å². The van der Waals surface area contributed by atoms with E-state index in [1.165, 1.54) is 21.3 Å². The van der Waals surface area contributed by atoms with E-state index in [-0.39, 0.29) is 12.4 Å². The van der Waals surface area contributed by atoms with Crippen molar-refractivity contribution >= 4 is 5.97 Å². The summed E-state index contributed by atoms with van der Waals surface area (Å²) in [6.07, 6.45) is -1.01. The number of carbonyl (C=O) groups is 1. The fourth-order valence-electron chi connectivity index (χ4n) is 5.11. The summed E-state index contributed by atoms with van der Waals surface area (Å²) in [5.41, 5.74) is 1.75. The van der Waals surface area contributed by atoms with Gasteiger partial charge in [0.2, 0.25) is 5.75 Å². The van der Waals surface area contributed by atoms with Gasteiger partial charge in [0.05, 0.1) is 35.0 Å². The number of methoxy groups -OCH3 is 4. The maximum Gasteiger partial charge on any atom is 0.349 e. The fraction of sp³-hybridized carbons (Fsp3) is 0.324. The van der Waals surface area contributed by atoms with Crippen molar-refractivity contribution in [3.05, 3.63) is 96.1 Å². The van der Waals surface area contributed by atoms with Gasteiger partial charge in [0, 0.05) is 12.1 Å². The maximum atomic E-state index is 12.9. The van der Waals surface area contributed by atoms with Crippen LogP contribution in [0.15, 0.2) is 84.9 Å². The molecule has 1 aliphatic heterocycles. The summed E-state index contributed by atoms with van der Waals surface area (Å²) in [7, 11) is 6.09. The molecule has 0 N–H and O–H groups in total. The van der Waals surface area contributed by atoms with E-state index >= 15 is 0 Å². The first-order valence-electron chi connectivity index (χ1n) is 15.3. The third-order valence-electron chi connectivity index (χ3n) is 7.44. The van der Waals surface area contributed by atoms with E-state index < -0.39 is 30.6 Å². The minimum absolute atomic E-state index is 0.201. The Labute approximate surface area is 280 Å². The summed E-state index contributed by atoms with van der Waals surface area (Å²) < 4.78 is 58.0.